The molecule has 0 fully saturated rings. The van der Waals surface area contributed by atoms with Gasteiger partial charge in [-0.3, -0.25) is 14.9 Å². The second kappa shape index (κ2) is 12.4. The molecule has 0 amide bonds. The maximum atomic E-state index is 13.3. The molecule has 0 saturated carbocycles. The highest BCUT2D eigenvalue weighted by molar-refractivity contribution is 9.10. The van der Waals surface area contributed by atoms with Gasteiger partial charge in [0.25, 0.3) is 5.56 Å². The van der Waals surface area contributed by atoms with Gasteiger partial charge in [-0.25, -0.2) is 9.78 Å². The van der Waals surface area contributed by atoms with Crippen LogP contribution in [0, 0.1) is 10.1 Å². The Labute approximate surface area is 221 Å². The molecule has 0 radical (unpaired) electrons. The van der Waals surface area contributed by atoms with E-state index in [2.05, 4.69) is 30.8 Å². The van der Waals surface area contributed by atoms with Crippen LogP contribution in [0.4, 0.5) is 5.69 Å². The number of carbonyl (C=O) groups is 1. The molecule has 0 saturated heterocycles. The van der Waals surface area contributed by atoms with E-state index in [1.807, 2.05) is 13.0 Å². The van der Waals surface area contributed by atoms with Gasteiger partial charge in [-0.2, -0.15) is 9.78 Å². The third kappa shape index (κ3) is 6.50. The highest BCUT2D eigenvalue weighted by Crippen LogP contribution is 2.39. The zero-order valence-electron chi connectivity index (χ0n) is 20.9. The van der Waals surface area contributed by atoms with Crippen LogP contribution in [0.15, 0.2) is 44.7 Å². The topological polar surface area (TPSA) is 135 Å². The van der Waals surface area contributed by atoms with Gasteiger partial charge >= 0.3 is 11.7 Å². The Morgan fingerprint density at radius 3 is 2.70 bits per heavy atom. The second-order valence-electron chi connectivity index (χ2n) is 8.00. The van der Waals surface area contributed by atoms with Gasteiger partial charge in [0.1, 0.15) is 5.82 Å². The van der Waals surface area contributed by atoms with Crippen LogP contribution in [0.25, 0.3) is 10.9 Å². The van der Waals surface area contributed by atoms with Crippen molar-refractivity contribution in [2.75, 3.05) is 13.7 Å². The summed E-state index contributed by atoms with van der Waals surface area (Å²) in [5, 5.41) is 16.6. The number of carbonyl (C=O) groups excluding carboxylic acids is 1. The molecule has 1 heterocycles. The highest BCUT2D eigenvalue weighted by atomic mass is 79.9. The van der Waals surface area contributed by atoms with Crippen LogP contribution in [0.5, 0.6) is 11.5 Å². The van der Waals surface area contributed by atoms with Crippen molar-refractivity contribution < 1.29 is 23.9 Å². The van der Waals surface area contributed by atoms with Gasteiger partial charge in [-0.15, -0.1) is 0 Å². The lowest BCUT2D eigenvalue weighted by Gasteiger charge is -2.16. The predicted octanol–water partition coefficient (Wildman–Crippen LogP) is 4.63. The van der Waals surface area contributed by atoms with E-state index >= 15 is 0 Å². The van der Waals surface area contributed by atoms with E-state index in [0.717, 1.165) is 17.3 Å². The molecule has 0 aliphatic rings. The zero-order chi connectivity index (χ0) is 27.1. The molecule has 37 heavy (non-hydrogen) atoms. The number of esters is 1. The van der Waals surface area contributed by atoms with E-state index < -0.39 is 22.7 Å². The lowest BCUT2D eigenvalue weighted by molar-refractivity contribution is -0.386. The van der Waals surface area contributed by atoms with E-state index in [1.54, 1.807) is 19.1 Å². The summed E-state index contributed by atoms with van der Waals surface area (Å²) < 4.78 is 17.7. The first-order valence-corrected chi connectivity index (χ1v) is 12.4. The van der Waals surface area contributed by atoms with E-state index in [9.17, 15) is 19.7 Å². The first kappa shape index (κ1) is 27.8. The number of nitro groups is 1. The van der Waals surface area contributed by atoms with Crippen molar-refractivity contribution in [3.05, 3.63) is 66.7 Å². The van der Waals surface area contributed by atoms with Crippen molar-refractivity contribution in [3.63, 3.8) is 0 Å². The molecule has 0 aliphatic heterocycles. The molecule has 0 unspecified atom stereocenters. The standard InChI is InChI=1S/C25H27BrN4O7/c1-5-7-8-22-28-19-10-9-17(26)13-18(19)24(31)29(22)27-14-16-11-20(30(33)34)23(21(12-16)36-6-2)37-15(3)25(32)35-4/h9-15H,5-8H2,1-4H3/t15-/m0/s1. The summed E-state index contributed by atoms with van der Waals surface area (Å²) in [6.07, 6.45) is 2.44. The minimum Gasteiger partial charge on any atom is -0.490 e. The molecule has 196 valence electrons. The Balaban J connectivity index is 2.13. The highest BCUT2D eigenvalue weighted by Gasteiger charge is 2.27. The van der Waals surface area contributed by atoms with Gasteiger partial charge < -0.3 is 14.2 Å². The molecule has 0 N–H and O–H groups in total. The third-order valence-electron chi connectivity index (χ3n) is 5.33. The number of aryl methyl sites for hydroxylation is 1. The summed E-state index contributed by atoms with van der Waals surface area (Å²) >= 11 is 3.38. The van der Waals surface area contributed by atoms with E-state index in [4.69, 9.17) is 9.47 Å². The van der Waals surface area contributed by atoms with Crippen molar-refractivity contribution in [2.24, 2.45) is 5.10 Å². The maximum absolute atomic E-state index is 13.3. The van der Waals surface area contributed by atoms with Crippen LogP contribution in [0.1, 0.15) is 45.0 Å². The molecule has 0 spiro atoms. The Morgan fingerprint density at radius 2 is 2.05 bits per heavy atom. The molecule has 11 nitrogen and oxygen atoms in total. The number of nitro benzene ring substituents is 1. The third-order valence-corrected chi connectivity index (χ3v) is 5.83. The fourth-order valence-electron chi connectivity index (χ4n) is 3.53. The number of hydrogen-bond acceptors (Lipinski definition) is 9. The smallest absolute Gasteiger partial charge is 0.346 e. The van der Waals surface area contributed by atoms with Crippen LogP contribution >= 0.6 is 15.9 Å². The molecular formula is C25H27BrN4O7. The Bertz CT molecular complexity index is 1400. The van der Waals surface area contributed by atoms with E-state index in [1.165, 1.54) is 37.1 Å². The molecule has 0 aliphatic carbocycles. The lowest BCUT2D eigenvalue weighted by Crippen LogP contribution is -2.25. The van der Waals surface area contributed by atoms with Gasteiger partial charge in [-0.1, -0.05) is 29.3 Å². The van der Waals surface area contributed by atoms with Gasteiger partial charge in [0.15, 0.2) is 11.9 Å². The van der Waals surface area contributed by atoms with Gasteiger partial charge in [-0.05, 0) is 44.5 Å². The Kier molecular flexibility index (Phi) is 9.34. The van der Waals surface area contributed by atoms with Gasteiger partial charge in [0.2, 0.25) is 5.75 Å². The van der Waals surface area contributed by atoms with Crippen LogP contribution in [0.2, 0.25) is 0 Å². The number of ether oxygens (including phenoxy) is 3. The molecular weight excluding hydrogens is 548 g/mol. The Morgan fingerprint density at radius 1 is 1.30 bits per heavy atom. The van der Waals surface area contributed by atoms with Crippen molar-refractivity contribution in [3.8, 4) is 11.5 Å². The first-order chi connectivity index (χ1) is 17.7. The number of unbranched alkanes of at least 4 members (excludes halogenated alkanes) is 1. The number of methoxy groups -OCH3 is 1. The summed E-state index contributed by atoms with van der Waals surface area (Å²) in [5.41, 5.74) is 0.0551. The molecule has 3 aromatic rings. The molecule has 12 heteroatoms. The molecule has 1 atom stereocenters. The molecule has 3 rings (SSSR count). The van der Waals surface area contributed by atoms with Crippen LogP contribution in [-0.2, 0) is 16.0 Å². The van der Waals surface area contributed by atoms with Crippen LogP contribution < -0.4 is 15.0 Å². The van der Waals surface area contributed by atoms with Gasteiger partial charge in [0.05, 0.1) is 35.8 Å². The number of hydrogen-bond donors (Lipinski definition) is 0. The predicted molar refractivity (Wildman–Crippen MR) is 142 cm³/mol. The molecule has 2 aromatic carbocycles. The fourth-order valence-corrected chi connectivity index (χ4v) is 3.89. The SMILES string of the molecule is CCCCc1nc2ccc(Br)cc2c(=O)n1N=Cc1cc(OCC)c(O[C@@H](C)C(=O)OC)c([N+](=O)[O-])c1. The minimum absolute atomic E-state index is 0.0491. The minimum atomic E-state index is -1.11. The van der Waals surface area contributed by atoms with Crippen LogP contribution in [0.3, 0.4) is 0 Å². The monoisotopic (exact) mass is 574 g/mol. The zero-order valence-corrected chi connectivity index (χ0v) is 22.5. The summed E-state index contributed by atoms with van der Waals surface area (Å²) in [5.74, 6) is -0.380. The van der Waals surface area contributed by atoms with Crippen molar-refractivity contribution >= 4 is 44.7 Å². The number of rotatable bonds is 11. The van der Waals surface area contributed by atoms with Crippen molar-refractivity contribution in [1.82, 2.24) is 9.66 Å². The quantitative estimate of drug-likeness (QED) is 0.140. The second-order valence-corrected chi connectivity index (χ2v) is 8.91. The lowest BCUT2D eigenvalue weighted by atomic mass is 10.1. The summed E-state index contributed by atoms with van der Waals surface area (Å²) in [6, 6.07) is 7.96. The van der Waals surface area contributed by atoms with Gasteiger partial charge in [0, 0.05) is 22.5 Å². The van der Waals surface area contributed by atoms with E-state index in [0.29, 0.717) is 23.1 Å². The largest absolute Gasteiger partial charge is 0.490 e. The fraction of sp³-hybridized carbons (Fsp3) is 0.360. The van der Waals surface area contributed by atoms with Crippen LogP contribution in [-0.4, -0.2) is 46.6 Å². The first-order valence-electron chi connectivity index (χ1n) is 11.6. The summed E-state index contributed by atoms with van der Waals surface area (Å²) in [6.45, 7) is 5.34. The van der Waals surface area contributed by atoms with Crippen molar-refractivity contribution in [2.45, 2.75) is 46.1 Å². The number of fused-ring (bicyclic) bond motifs is 1. The molecule has 1 aromatic heterocycles. The maximum Gasteiger partial charge on any atom is 0.346 e. The number of halogens is 1. The normalized spacial score (nSPS) is 12.0. The number of benzene rings is 2. The summed E-state index contributed by atoms with van der Waals surface area (Å²) in [4.78, 5) is 41.0. The number of nitrogens with zero attached hydrogens (tertiary/aromatic N) is 4. The van der Waals surface area contributed by atoms with E-state index in [-0.39, 0.29) is 29.2 Å². The average Bonchev–Trinajstić information content (AvgIpc) is 2.87. The van der Waals surface area contributed by atoms with Crippen molar-refractivity contribution in [1.29, 1.82) is 0 Å². The average molecular weight is 575 g/mol. The Hall–Kier alpha value is -3.80. The number of aromatic nitrogens is 2. The molecule has 0 bridgehead atoms. The summed E-state index contributed by atoms with van der Waals surface area (Å²) in [7, 11) is 1.19.